The van der Waals surface area contributed by atoms with Crippen LogP contribution in [0.25, 0.3) is 0 Å². The van der Waals surface area contributed by atoms with E-state index >= 15 is 0 Å². The summed E-state index contributed by atoms with van der Waals surface area (Å²) in [7, 11) is -1.88. The first kappa shape index (κ1) is 23.3. The number of nitrogens with zero attached hydrogens (tertiary/aromatic N) is 1. The quantitative estimate of drug-likeness (QED) is 0.129. The number of aromatic nitrogens is 2. The van der Waals surface area contributed by atoms with Gasteiger partial charge in [0.25, 0.3) is 12.6 Å². The van der Waals surface area contributed by atoms with Gasteiger partial charge in [0.15, 0.2) is 25.7 Å². The number of rotatable bonds is 8. The van der Waals surface area contributed by atoms with E-state index in [4.69, 9.17) is 35.6 Å². The fourth-order valence-corrected chi connectivity index (χ4v) is 4.48. The van der Waals surface area contributed by atoms with Gasteiger partial charge in [0.1, 0.15) is 24.9 Å². The number of nitrogens with one attached hydrogen (secondary N) is 2. The smallest absolute Gasteiger partial charge is 0.466 e. The van der Waals surface area contributed by atoms with Gasteiger partial charge in [-0.05, 0) is 18.5 Å². The van der Waals surface area contributed by atoms with E-state index in [0.717, 1.165) is 0 Å². The third-order valence-electron chi connectivity index (χ3n) is 4.47. The second kappa shape index (κ2) is 9.02. The van der Waals surface area contributed by atoms with Gasteiger partial charge < -0.3 is 31.2 Å². The Hall–Kier alpha value is -1.35. The topological polar surface area (TPSA) is 169 Å². The van der Waals surface area contributed by atoms with Crippen LogP contribution in [-0.2, 0) is 45.1 Å². The Balaban J connectivity index is 1.75. The number of hydrogen-bond acceptors (Lipinski definition) is 11. The predicted molar refractivity (Wildman–Crippen MR) is 103 cm³/mol. The molecule has 0 spiro atoms. The van der Waals surface area contributed by atoms with E-state index in [1.807, 2.05) is 0 Å². The molecule has 3 heterocycles. The highest BCUT2D eigenvalue weighted by Crippen LogP contribution is 2.53. The van der Waals surface area contributed by atoms with Crippen molar-refractivity contribution in [1.29, 1.82) is 0 Å². The van der Waals surface area contributed by atoms with E-state index in [0.29, 0.717) is 0 Å². The van der Waals surface area contributed by atoms with Crippen LogP contribution in [0.15, 0.2) is 21.9 Å². The average Bonchev–Trinajstić information content (AvgIpc) is 3.18. The van der Waals surface area contributed by atoms with Crippen LogP contribution < -0.4 is 22.2 Å². The summed E-state index contributed by atoms with van der Waals surface area (Å²) >= 11 is 5.29. The van der Waals surface area contributed by atoms with Crippen molar-refractivity contribution in [1.82, 2.24) is 14.6 Å². The first-order chi connectivity index (χ1) is 14.1. The molecule has 0 aliphatic carbocycles. The summed E-state index contributed by atoms with van der Waals surface area (Å²) in [6.45, 7) is 3.16. The van der Waals surface area contributed by atoms with E-state index in [1.165, 1.54) is 23.9 Å². The van der Waals surface area contributed by atoms with E-state index < -0.39 is 54.6 Å². The largest absolute Gasteiger partial charge is 0.591 e. The Morgan fingerprint density at radius 1 is 1.43 bits per heavy atom. The molecule has 15 heteroatoms. The number of methoxy groups -OCH3 is 1. The Kier molecular flexibility index (Phi) is 7.01. The van der Waals surface area contributed by atoms with Crippen LogP contribution in [0.3, 0.4) is 0 Å². The summed E-state index contributed by atoms with van der Waals surface area (Å²) in [4.78, 5) is 37.1. The first-order valence-electron chi connectivity index (χ1n) is 8.90. The molecule has 2 fully saturated rings. The lowest BCUT2D eigenvalue weighted by molar-refractivity contribution is -0.639. The fraction of sp³-hybridized carbons (Fsp3) is 0.667. The first-order valence-corrected chi connectivity index (χ1v) is 11.5. The summed E-state index contributed by atoms with van der Waals surface area (Å²) in [6.07, 6.45) is -1.45. The summed E-state index contributed by atoms with van der Waals surface area (Å²) in [5.41, 5.74) is -1.17. The molecule has 0 bridgehead atoms. The number of H-pyrrole nitrogens is 1. The Morgan fingerprint density at radius 3 is 2.77 bits per heavy atom. The van der Waals surface area contributed by atoms with Crippen molar-refractivity contribution in [2.24, 2.45) is 0 Å². The lowest BCUT2D eigenvalue weighted by Gasteiger charge is -2.26. The number of aromatic amines is 1. The van der Waals surface area contributed by atoms with Gasteiger partial charge in [-0.1, -0.05) is 0 Å². The van der Waals surface area contributed by atoms with E-state index in [1.54, 1.807) is 13.8 Å². The van der Waals surface area contributed by atoms with Crippen molar-refractivity contribution >= 4 is 25.3 Å². The van der Waals surface area contributed by atoms with Gasteiger partial charge in [-0.3, -0.25) is 14.3 Å². The maximum absolute atomic E-state index is 12.2. The van der Waals surface area contributed by atoms with Crippen molar-refractivity contribution in [2.75, 3.05) is 20.3 Å². The van der Waals surface area contributed by atoms with E-state index in [2.05, 4.69) is 20.7 Å². The normalized spacial score (nSPS) is 29.4. The molecule has 1 aromatic heterocycles. The molecule has 1 unspecified atom stereocenters. The minimum Gasteiger partial charge on any atom is -0.466 e. The average molecular weight is 467 g/mol. The Morgan fingerprint density at radius 2 is 2.13 bits per heavy atom. The molecule has 5 N–H and O–H groups in total. The monoisotopic (exact) mass is 467 g/mol. The third kappa shape index (κ3) is 5.10. The SMILES string of the molecule is C[O+]C(=O)CN[P+]([S-])(O[NH3+])OC[C@H]1O[C@@H](n2ccc(=O)[nH]c2=O)[C@@H]2OC(C)(C)O[C@@H]21. The lowest BCUT2D eigenvalue weighted by atomic mass is 10.1. The van der Waals surface area contributed by atoms with Gasteiger partial charge in [-0.25, -0.2) is 9.32 Å². The van der Waals surface area contributed by atoms with Crippen LogP contribution in [0.2, 0.25) is 0 Å². The van der Waals surface area contributed by atoms with Crippen LogP contribution in [-0.4, -0.2) is 59.9 Å². The molecule has 30 heavy (non-hydrogen) atoms. The molecule has 0 amide bonds. The third-order valence-corrected chi connectivity index (χ3v) is 6.87. The standard InChI is InChI=1S/C15H23N4O9PS/c1-15(2)26-11-8(7-24-29(30,28-16)17-6-10(21)23-3)25-13(12(11)27-15)19-5-4-9(20)18-14(19)22/h4-5,8,11-13H,6-7H2,1-3,16H3,(H-,17,18,20,22,30)/q+1/p+1/t8-,11-,12-,13-,29?/m1/s1. The molecule has 167 valence electrons. The van der Waals surface area contributed by atoms with Gasteiger partial charge in [0.2, 0.25) is 0 Å². The van der Waals surface area contributed by atoms with Crippen molar-refractivity contribution in [3.63, 3.8) is 0 Å². The van der Waals surface area contributed by atoms with Crippen molar-refractivity contribution < 1.29 is 38.8 Å². The summed E-state index contributed by atoms with van der Waals surface area (Å²) in [6, 6.07) is 1.21. The molecule has 3 rings (SSSR count). The molecule has 5 atom stereocenters. The van der Waals surface area contributed by atoms with Gasteiger partial charge in [0.05, 0.1) is 0 Å². The lowest BCUT2D eigenvalue weighted by Crippen LogP contribution is -2.51. The van der Waals surface area contributed by atoms with E-state index in [-0.39, 0.29) is 13.2 Å². The molecule has 13 nitrogen and oxygen atoms in total. The number of fused-ring (bicyclic) bond motifs is 1. The molecule has 2 aliphatic heterocycles. The highest BCUT2D eigenvalue weighted by atomic mass is 32.7. The number of hydrogen-bond donors (Lipinski definition) is 3. The molecule has 2 saturated heterocycles. The van der Waals surface area contributed by atoms with Crippen molar-refractivity contribution in [3.05, 3.63) is 33.1 Å². The minimum atomic E-state index is -3.12. The second-order valence-electron chi connectivity index (χ2n) is 6.98. The summed E-state index contributed by atoms with van der Waals surface area (Å²) in [5.74, 6) is 1.84. The minimum absolute atomic E-state index is 0.0871. The Labute approximate surface area is 176 Å². The maximum Gasteiger partial charge on any atom is 0.591 e. The van der Waals surface area contributed by atoms with Crippen LogP contribution in [0.4, 0.5) is 0 Å². The number of ether oxygens (including phenoxy) is 4. The van der Waals surface area contributed by atoms with Gasteiger partial charge >= 0.3 is 11.7 Å². The second-order valence-corrected chi connectivity index (χ2v) is 10.3. The molecule has 0 aromatic carbocycles. The number of carbonyl (C=O) groups is 1. The fourth-order valence-electron chi connectivity index (χ4n) is 3.18. The van der Waals surface area contributed by atoms with Gasteiger partial charge in [0, 0.05) is 17.1 Å². The maximum atomic E-state index is 12.2. The molecule has 2 aliphatic rings. The molecular weight excluding hydrogens is 443 g/mol. The van der Waals surface area contributed by atoms with Gasteiger partial charge in [-0.15, -0.1) is 5.09 Å². The highest BCUT2D eigenvalue weighted by Gasteiger charge is 2.57. The van der Waals surface area contributed by atoms with Crippen LogP contribution >= 0.6 is 7.07 Å². The predicted octanol–water partition coefficient (Wildman–Crippen LogP) is -1.87. The zero-order valence-corrected chi connectivity index (χ0v) is 18.3. The van der Waals surface area contributed by atoms with Gasteiger partial charge in [-0.2, -0.15) is 5.90 Å². The highest BCUT2D eigenvalue weighted by molar-refractivity contribution is 8.37. The number of quaternary nitrogens is 1. The number of esters is 1. The zero-order valence-electron chi connectivity index (χ0n) is 16.6. The molecule has 0 saturated carbocycles. The molecule has 1 aromatic rings. The van der Waals surface area contributed by atoms with Crippen molar-refractivity contribution in [2.45, 2.75) is 44.2 Å². The molecular formula is C15H24N4O9PS+2. The zero-order chi connectivity index (χ0) is 22.1. The molecule has 1 radical (unpaired) electrons. The summed E-state index contributed by atoms with van der Waals surface area (Å²) in [5, 5.41) is 2.68. The van der Waals surface area contributed by atoms with Crippen LogP contribution in [0, 0.1) is 0 Å². The summed E-state index contributed by atoms with van der Waals surface area (Å²) < 4.78 is 34.3. The van der Waals surface area contributed by atoms with Crippen LogP contribution in [0.1, 0.15) is 20.1 Å². The van der Waals surface area contributed by atoms with E-state index in [9.17, 15) is 14.4 Å². The Bertz CT molecular complexity index is 895. The number of carbonyl (C=O) groups excluding carboxylic acids is 1. The van der Waals surface area contributed by atoms with Crippen molar-refractivity contribution in [3.8, 4) is 0 Å². The van der Waals surface area contributed by atoms with Crippen LogP contribution in [0.5, 0.6) is 0 Å².